The van der Waals surface area contributed by atoms with Crippen molar-refractivity contribution in [1.82, 2.24) is 10.3 Å². The van der Waals surface area contributed by atoms with Crippen molar-refractivity contribution < 1.29 is 0 Å². The monoisotopic (exact) mass is 204 g/mol. The van der Waals surface area contributed by atoms with Gasteiger partial charge in [0.15, 0.2) is 0 Å². The van der Waals surface area contributed by atoms with Gasteiger partial charge in [0.1, 0.15) is 0 Å². The Bertz CT molecular complexity index is 311. The maximum absolute atomic E-state index is 3.63. The van der Waals surface area contributed by atoms with Crippen LogP contribution < -0.4 is 5.32 Å². The predicted octanol–water partition coefficient (Wildman–Crippen LogP) is 2.05. The van der Waals surface area contributed by atoms with E-state index < -0.39 is 0 Å². The SMILES string of the molecule is c1c(C[C@H]2CCNC2)[nH]c2c1CCCC2. The van der Waals surface area contributed by atoms with Crippen molar-refractivity contribution in [3.63, 3.8) is 0 Å². The lowest BCUT2D eigenvalue weighted by molar-refractivity contribution is 0.572. The summed E-state index contributed by atoms with van der Waals surface area (Å²) in [7, 11) is 0. The van der Waals surface area contributed by atoms with Crippen LogP contribution in [0.2, 0.25) is 0 Å². The van der Waals surface area contributed by atoms with Crippen LogP contribution in [0.3, 0.4) is 0 Å². The normalized spacial score (nSPS) is 25.5. The highest BCUT2D eigenvalue weighted by atomic mass is 14.9. The van der Waals surface area contributed by atoms with E-state index >= 15 is 0 Å². The number of fused-ring (bicyclic) bond motifs is 1. The molecule has 2 aliphatic rings. The first-order valence-corrected chi connectivity index (χ1v) is 6.32. The van der Waals surface area contributed by atoms with Crippen molar-refractivity contribution in [3.05, 3.63) is 23.0 Å². The minimum absolute atomic E-state index is 0.866. The van der Waals surface area contributed by atoms with Gasteiger partial charge < -0.3 is 10.3 Å². The molecule has 3 rings (SSSR count). The third-order valence-electron chi connectivity index (χ3n) is 3.84. The minimum atomic E-state index is 0.866. The molecule has 1 aromatic heterocycles. The molecule has 0 saturated carbocycles. The molecule has 0 spiro atoms. The quantitative estimate of drug-likeness (QED) is 0.758. The van der Waals surface area contributed by atoms with E-state index in [1.807, 2.05) is 0 Å². The number of aryl methyl sites for hydroxylation is 2. The molecule has 2 nitrogen and oxygen atoms in total. The molecule has 2 heterocycles. The Hall–Kier alpha value is -0.760. The fourth-order valence-corrected chi connectivity index (χ4v) is 2.98. The summed E-state index contributed by atoms with van der Waals surface area (Å²) in [5.41, 5.74) is 4.61. The van der Waals surface area contributed by atoms with Crippen LogP contribution in [-0.4, -0.2) is 18.1 Å². The summed E-state index contributed by atoms with van der Waals surface area (Å²) >= 11 is 0. The molecule has 15 heavy (non-hydrogen) atoms. The Morgan fingerprint density at radius 2 is 2.20 bits per heavy atom. The van der Waals surface area contributed by atoms with Gasteiger partial charge in [-0.15, -0.1) is 0 Å². The smallest absolute Gasteiger partial charge is 0.0181 e. The van der Waals surface area contributed by atoms with Crippen LogP contribution in [-0.2, 0) is 19.3 Å². The second-order valence-corrected chi connectivity index (χ2v) is 5.07. The van der Waals surface area contributed by atoms with E-state index in [1.54, 1.807) is 5.56 Å². The van der Waals surface area contributed by atoms with Crippen LogP contribution in [0, 0.1) is 5.92 Å². The molecule has 1 atom stereocenters. The van der Waals surface area contributed by atoms with Gasteiger partial charge >= 0.3 is 0 Å². The highest BCUT2D eigenvalue weighted by Crippen LogP contribution is 2.23. The van der Waals surface area contributed by atoms with Gasteiger partial charge in [-0.2, -0.15) is 0 Å². The van der Waals surface area contributed by atoms with Crippen LogP contribution in [0.1, 0.15) is 36.2 Å². The number of nitrogens with one attached hydrogen (secondary N) is 2. The molecular weight excluding hydrogens is 184 g/mol. The van der Waals surface area contributed by atoms with Gasteiger partial charge in [0.05, 0.1) is 0 Å². The Balaban J connectivity index is 1.72. The lowest BCUT2D eigenvalue weighted by atomic mass is 9.97. The predicted molar refractivity (Wildman–Crippen MR) is 62.1 cm³/mol. The fraction of sp³-hybridized carbons (Fsp3) is 0.692. The van der Waals surface area contributed by atoms with Gasteiger partial charge in [-0.05, 0) is 69.2 Å². The Kier molecular flexibility index (Phi) is 2.53. The maximum atomic E-state index is 3.63. The van der Waals surface area contributed by atoms with Crippen LogP contribution >= 0.6 is 0 Å². The largest absolute Gasteiger partial charge is 0.362 e. The first kappa shape index (κ1) is 9.46. The van der Waals surface area contributed by atoms with Gasteiger partial charge in [-0.25, -0.2) is 0 Å². The minimum Gasteiger partial charge on any atom is -0.362 e. The van der Waals surface area contributed by atoms with E-state index in [0.717, 1.165) is 5.92 Å². The second-order valence-electron chi connectivity index (χ2n) is 5.07. The van der Waals surface area contributed by atoms with Crippen molar-refractivity contribution >= 4 is 0 Å². The van der Waals surface area contributed by atoms with Crippen LogP contribution in [0.15, 0.2) is 6.07 Å². The summed E-state index contributed by atoms with van der Waals surface area (Å²) in [6, 6.07) is 2.42. The molecule has 0 unspecified atom stereocenters. The third kappa shape index (κ3) is 1.96. The fourth-order valence-electron chi connectivity index (χ4n) is 2.98. The summed E-state index contributed by atoms with van der Waals surface area (Å²) < 4.78 is 0. The lowest BCUT2D eigenvalue weighted by Gasteiger charge is -2.09. The highest BCUT2D eigenvalue weighted by Gasteiger charge is 2.18. The zero-order valence-corrected chi connectivity index (χ0v) is 9.31. The average Bonchev–Trinajstić information content (AvgIpc) is 2.86. The van der Waals surface area contributed by atoms with E-state index in [1.165, 1.54) is 63.0 Å². The molecule has 0 radical (unpaired) electrons. The molecule has 1 aromatic rings. The molecule has 2 N–H and O–H groups in total. The van der Waals surface area contributed by atoms with Gasteiger partial charge in [0, 0.05) is 11.4 Å². The number of rotatable bonds is 2. The molecule has 82 valence electrons. The van der Waals surface area contributed by atoms with E-state index in [-0.39, 0.29) is 0 Å². The molecule has 1 aliphatic carbocycles. The van der Waals surface area contributed by atoms with Crippen molar-refractivity contribution in [3.8, 4) is 0 Å². The first-order valence-electron chi connectivity index (χ1n) is 6.32. The zero-order chi connectivity index (χ0) is 10.1. The molecule has 1 saturated heterocycles. The summed E-state index contributed by atoms with van der Waals surface area (Å²) in [6.07, 6.45) is 7.93. The Morgan fingerprint density at radius 3 is 3.00 bits per heavy atom. The zero-order valence-electron chi connectivity index (χ0n) is 9.31. The van der Waals surface area contributed by atoms with Gasteiger partial charge in [0.25, 0.3) is 0 Å². The van der Waals surface area contributed by atoms with E-state index in [0.29, 0.717) is 0 Å². The molecule has 2 heteroatoms. The van der Waals surface area contributed by atoms with Gasteiger partial charge in [0.2, 0.25) is 0 Å². The van der Waals surface area contributed by atoms with Gasteiger partial charge in [-0.1, -0.05) is 0 Å². The van der Waals surface area contributed by atoms with Crippen LogP contribution in [0.5, 0.6) is 0 Å². The number of aromatic nitrogens is 1. The third-order valence-corrected chi connectivity index (χ3v) is 3.84. The van der Waals surface area contributed by atoms with Gasteiger partial charge in [-0.3, -0.25) is 0 Å². The Labute approximate surface area is 91.5 Å². The van der Waals surface area contributed by atoms with Crippen molar-refractivity contribution in [2.75, 3.05) is 13.1 Å². The second kappa shape index (κ2) is 4.01. The Morgan fingerprint density at radius 1 is 1.27 bits per heavy atom. The van der Waals surface area contributed by atoms with E-state index in [9.17, 15) is 0 Å². The number of hydrogen-bond donors (Lipinski definition) is 2. The lowest BCUT2D eigenvalue weighted by Crippen LogP contribution is -2.10. The number of H-pyrrole nitrogens is 1. The first-order chi connectivity index (χ1) is 7.42. The van der Waals surface area contributed by atoms with Crippen molar-refractivity contribution in [2.45, 2.75) is 38.5 Å². The molecule has 0 aromatic carbocycles. The molecule has 1 fully saturated rings. The van der Waals surface area contributed by atoms with Crippen LogP contribution in [0.4, 0.5) is 0 Å². The topological polar surface area (TPSA) is 27.8 Å². The van der Waals surface area contributed by atoms with E-state index in [2.05, 4.69) is 16.4 Å². The summed E-state index contributed by atoms with van der Waals surface area (Å²) in [4.78, 5) is 3.63. The van der Waals surface area contributed by atoms with Crippen molar-refractivity contribution in [1.29, 1.82) is 0 Å². The summed E-state index contributed by atoms with van der Waals surface area (Å²) in [5, 5.41) is 3.44. The maximum Gasteiger partial charge on any atom is 0.0181 e. The van der Waals surface area contributed by atoms with E-state index in [4.69, 9.17) is 0 Å². The molecule has 0 amide bonds. The molecular formula is C13H20N2. The number of aromatic amines is 1. The standard InChI is InChI=1S/C13H20N2/c1-2-4-13-11(3-1)8-12(15-13)7-10-5-6-14-9-10/h8,10,14-15H,1-7,9H2/t10-/m1/s1. The number of hydrogen-bond acceptors (Lipinski definition) is 1. The molecule has 0 bridgehead atoms. The summed E-state index contributed by atoms with van der Waals surface area (Å²) in [6.45, 7) is 2.43. The summed E-state index contributed by atoms with van der Waals surface area (Å²) in [5.74, 6) is 0.866. The average molecular weight is 204 g/mol. The highest BCUT2D eigenvalue weighted by molar-refractivity contribution is 5.28. The molecule has 1 aliphatic heterocycles. The van der Waals surface area contributed by atoms with Crippen LogP contribution in [0.25, 0.3) is 0 Å². The van der Waals surface area contributed by atoms with Crippen molar-refractivity contribution in [2.24, 2.45) is 5.92 Å².